The van der Waals surface area contributed by atoms with E-state index in [0.717, 1.165) is 5.56 Å². The van der Waals surface area contributed by atoms with Gasteiger partial charge in [-0.1, -0.05) is 30.3 Å². The Morgan fingerprint density at radius 2 is 1.94 bits per heavy atom. The van der Waals surface area contributed by atoms with Gasteiger partial charge in [0.1, 0.15) is 12.2 Å². The van der Waals surface area contributed by atoms with Crippen LogP contribution in [-0.2, 0) is 25.7 Å². The third-order valence-electron chi connectivity index (χ3n) is 2.15. The monoisotopic (exact) mass is 222 g/mol. The molecule has 0 fully saturated rings. The van der Waals surface area contributed by atoms with Crippen molar-refractivity contribution in [2.24, 2.45) is 0 Å². The van der Waals surface area contributed by atoms with Crippen molar-refractivity contribution in [3.05, 3.63) is 35.9 Å². The number of aldehydes is 1. The van der Waals surface area contributed by atoms with E-state index < -0.39 is 12.2 Å². The van der Waals surface area contributed by atoms with E-state index in [1.54, 1.807) is 6.92 Å². The van der Waals surface area contributed by atoms with Gasteiger partial charge in [0, 0.05) is 0 Å². The second kappa shape index (κ2) is 6.74. The van der Waals surface area contributed by atoms with E-state index in [4.69, 9.17) is 4.74 Å². The van der Waals surface area contributed by atoms with Crippen LogP contribution in [0.4, 0.5) is 0 Å². The molecule has 0 radical (unpaired) electrons. The Bertz CT molecular complexity index is 323. The summed E-state index contributed by atoms with van der Waals surface area (Å²) in [6.45, 7) is 2.24. The highest BCUT2D eigenvalue weighted by Crippen LogP contribution is 2.06. The van der Waals surface area contributed by atoms with E-state index in [-0.39, 0.29) is 0 Å². The second-order valence-electron chi connectivity index (χ2n) is 3.33. The lowest BCUT2D eigenvalue weighted by atomic mass is 10.2. The molecule has 0 bridgehead atoms. The molecule has 0 saturated heterocycles. The minimum Gasteiger partial charge on any atom is -0.462 e. The highest BCUT2D eigenvalue weighted by Gasteiger charge is 2.17. The molecule has 0 aromatic heterocycles. The molecule has 1 rings (SSSR count). The summed E-state index contributed by atoms with van der Waals surface area (Å²) in [6, 6.07) is 9.47. The second-order valence-corrected chi connectivity index (χ2v) is 3.33. The van der Waals surface area contributed by atoms with Gasteiger partial charge in [0.05, 0.1) is 6.61 Å². The highest BCUT2D eigenvalue weighted by molar-refractivity contribution is 5.57. The largest absolute Gasteiger partial charge is 0.462 e. The van der Waals surface area contributed by atoms with Crippen molar-refractivity contribution < 1.29 is 19.1 Å². The maximum absolute atomic E-state index is 10.7. The Hall–Kier alpha value is -1.68. The fourth-order valence-electron chi connectivity index (χ4n) is 1.22. The van der Waals surface area contributed by atoms with Crippen molar-refractivity contribution in [3.63, 3.8) is 0 Å². The number of rotatable bonds is 7. The van der Waals surface area contributed by atoms with Crippen LogP contribution in [0.15, 0.2) is 30.3 Å². The van der Waals surface area contributed by atoms with Crippen molar-refractivity contribution >= 4 is 12.8 Å². The first-order valence-electron chi connectivity index (χ1n) is 4.98. The van der Waals surface area contributed by atoms with Crippen LogP contribution in [0.1, 0.15) is 12.5 Å². The van der Waals surface area contributed by atoms with E-state index in [0.29, 0.717) is 19.4 Å². The molecule has 0 amide bonds. The fourth-order valence-corrected chi connectivity index (χ4v) is 1.22. The molecule has 0 unspecified atom stereocenters. The average Bonchev–Trinajstić information content (AvgIpc) is 2.31. The Morgan fingerprint density at radius 3 is 2.50 bits per heavy atom. The average molecular weight is 222 g/mol. The van der Waals surface area contributed by atoms with Gasteiger partial charge in [-0.15, -0.1) is 0 Å². The Balaban J connectivity index is 2.45. The first-order chi connectivity index (χ1) is 7.77. The van der Waals surface area contributed by atoms with Crippen LogP contribution in [0.2, 0.25) is 0 Å². The summed E-state index contributed by atoms with van der Waals surface area (Å²) in [7, 11) is 0. The van der Waals surface area contributed by atoms with Crippen LogP contribution in [0, 0.1) is 0 Å². The van der Waals surface area contributed by atoms with Crippen molar-refractivity contribution in [2.45, 2.75) is 25.7 Å². The SMILES string of the molecule is C[C@H](OC=O)[C@@H](C=O)OCc1ccccc1. The lowest BCUT2D eigenvalue weighted by molar-refractivity contribution is -0.145. The van der Waals surface area contributed by atoms with Gasteiger partial charge in [0.2, 0.25) is 0 Å². The zero-order chi connectivity index (χ0) is 11.8. The van der Waals surface area contributed by atoms with E-state index in [1.807, 2.05) is 30.3 Å². The van der Waals surface area contributed by atoms with E-state index >= 15 is 0 Å². The predicted octanol–water partition coefficient (Wildman–Crippen LogP) is 1.33. The fraction of sp³-hybridized carbons (Fsp3) is 0.333. The molecule has 0 spiro atoms. The predicted molar refractivity (Wildman–Crippen MR) is 57.7 cm³/mol. The zero-order valence-corrected chi connectivity index (χ0v) is 9.04. The van der Waals surface area contributed by atoms with E-state index in [9.17, 15) is 9.59 Å². The molecule has 0 heterocycles. The topological polar surface area (TPSA) is 52.6 Å². The number of carbonyl (C=O) groups excluding carboxylic acids is 2. The van der Waals surface area contributed by atoms with Gasteiger partial charge in [0.25, 0.3) is 6.47 Å². The zero-order valence-electron chi connectivity index (χ0n) is 9.04. The summed E-state index contributed by atoms with van der Waals surface area (Å²) in [6.07, 6.45) is -0.666. The summed E-state index contributed by atoms with van der Waals surface area (Å²) in [5.74, 6) is 0. The highest BCUT2D eigenvalue weighted by atomic mass is 16.6. The van der Waals surface area contributed by atoms with Crippen LogP contribution in [-0.4, -0.2) is 25.0 Å². The number of hydrogen-bond donors (Lipinski definition) is 0. The lowest BCUT2D eigenvalue weighted by Gasteiger charge is -2.17. The first-order valence-corrected chi connectivity index (χ1v) is 4.98. The number of benzene rings is 1. The summed E-state index contributed by atoms with van der Waals surface area (Å²) >= 11 is 0. The van der Waals surface area contributed by atoms with Crippen LogP contribution < -0.4 is 0 Å². The molecule has 4 heteroatoms. The maximum atomic E-state index is 10.7. The van der Waals surface area contributed by atoms with Gasteiger partial charge >= 0.3 is 0 Å². The first kappa shape index (κ1) is 12.4. The number of ether oxygens (including phenoxy) is 2. The van der Waals surface area contributed by atoms with E-state index in [2.05, 4.69) is 4.74 Å². The third kappa shape index (κ3) is 3.82. The molecule has 4 nitrogen and oxygen atoms in total. The van der Waals surface area contributed by atoms with Crippen molar-refractivity contribution in [1.29, 1.82) is 0 Å². The van der Waals surface area contributed by atoms with Crippen LogP contribution in [0.3, 0.4) is 0 Å². The smallest absolute Gasteiger partial charge is 0.293 e. The van der Waals surface area contributed by atoms with Gasteiger partial charge in [-0.3, -0.25) is 4.79 Å². The molecule has 16 heavy (non-hydrogen) atoms. The van der Waals surface area contributed by atoms with Crippen molar-refractivity contribution in [1.82, 2.24) is 0 Å². The summed E-state index contributed by atoms with van der Waals surface area (Å²) < 4.78 is 9.99. The molecule has 0 aliphatic heterocycles. The summed E-state index contributed by atoms with van der Waals surface area (Å²) in [5, 5.41) is 0. The standard InChI is InChI=1S/C12H14O4/c1-10(16-9-14)12(7-13)15-8-11-5-3-2-4-6-11/h2-7,9-10,12H,8H2,1H3/t10-,12+/m0/s1. The summed E-state index contributed by atoms with van der Waals surface area (Å²) in [5.41, 5.74) is 0.965. The van der Waals surface area contributed by atoms with Crippen LogP contribution in [0.25, 0.3) is 0 Å². The molecule has 86 valence electrons. The Morgan fingerprint density at radius 1 is 1.25 bits per heavy atom. The van der Waals surface area contributed by atoms with Gasteiger partial charge in [-0.25, -0.2) is 0 Å². The van der Waals surface area contributed by atoms with Gasteiger partial charge in [0.15, 0.2) is 6.29 Å². The Kier molecular flexibility index (Phi) is 5.22. The molecular weight excluding hydrogens is 208 g/mol. The molecule has 1 aromatic rings. The normalized spacial score (nSPS) is 13.8. The van der Waals surface area contributed by atoms with Gasteiger partial charge < -0.3 is 14.3 Å². The van der Waals surface area contributed by atoms with Crippen LogP contribution >= 0.6 is 0 Å². The maximum Gasteiger partial charge on any atom is 0.293 e. The number of hydrogen-bond acceptors (Lipinski definition) is 4. The summed E-state index contributed by atoms with van der Waals surface area (Å²) in [4.78, 5) is 20.8. The van der Waals surface area contributed by atoms with Crippen molar-refractivity contribution in [3.8, 4) is 0 Å². The van der Waals surface area contributed by atoms with E-state index in [1.165, 1.54) is 0 Å². The molecule has 0 aliphatic rings. The molecule has 1 aromatic carbocycles. The minimum atomic E-state index is -0.731. The molecule has 0 N–H and O–H groups in total. The van der Waals surface area contributed by atoms with Crippen LogP contribution in [0.5, 0.6) is 0 Å². The quantitative estimate of drug-likeness (QED) is 0.653. The third-order valence-corrected chi connectivity index (χ3v) is 2.15. The Labute approximate surface area is 94.2 Å². The number of carbonyl (C=O) groups is 2. The van der Waals surface area contributed by atoms with Gasteiger partial charge in [-0.2, -0.15) is 0 Å². The van der Waals surface area contributed by atoms with Crippen molar-refractivity contribution in [2.75, 3.05) is 0 Å². The van der Waals surface area contributed by atoms with Gasteiger partial charge in [-0.05, 0) is 12.5 Å². The molecule has 0 aliphatic carbocycles. The molecular formula is C12H14O4. The minimum absolute atomic E-state index is 0.313. The lowest BCUT2D eigenvalue weighted by Crippen LogP contribution is -2.30. The molecule has 0 saturated carbocycles. The molecule has 2 atom stereocenters.